The second-order valence-corrected chi connectivity index (χ2v) is 6.69. The summed E-state index contributed by atoms with van der Waals surface area (Å²) in [7, 11) is 0.260. The maximum absolute atomic E-state index is 12.2. The van der Waals surface area contributed by atoms with Gasteiger partial charge < -0.3 is 9.88 Å². The summed E-state index contributed by atoms with van der Waals surface area (Å²) in [5.74, 6) is 0.752. The largest absolute Gasteiger partial charge is 0.337 e. The van der Waals surface area contributed by atoms with Crippen LogP contribution in [0.3, 0.4) is 0 Å². The van der Waals surface area contributed by atoms with Gasteiger partial charge in [-0.2, -0.15) is 4.31 Å². The Bertz CT molecular complexity index is 476. The quantitative estimate of drug-likeness (QED) is 0.794. The molecule has 2 rings (SSSR count). The number of sulfonamides is 1. The molecule has 0 saturated carbocycles. The number of hydrogen-bond donors (Lipinski definition) is 1. The molecule has 1 fully saturated rings. The van der Waals surface area contributed by atoms with Crippen LogP contribution in [0, 0.1) is 0 Å². The molecule has 6 nitrogen and oxygen atoms in total. The molecule has 1 aliphatic heterocycles. The van der Waals surface area contributed by atoms with E-state index < -0.39 is 10.0 Å². The summed E-state index contributed by atoms with van der Waals surface area (Å²) in [6, 6.07) is 0. The van der Waals surface area contributed by atoms with Gasteiger partial charge in [-0.05, 0) is 13.0 Å². The van der Waals surface area contributed by atoms with Gasteiger partial charge in [0.05, 0.1) is 11.8 Å². The maximum atomic E-state index is 12.2. The standard InChI is InChI=1S/C10H18N4O2S/c1-13-6-5-12-10(13)8-14(2)17(15,16)9-3-4-11-7-9/h5-6,9,11H,3-4,7-8H2,1-2H3. The number of rotatable bonds is 4. The van der Waals surface area contributed by atoms with Crippen molar-refractivity contribution in [1.82, 2.24) is 19.2 Å². The van der Waals surface area contributed by atoms with Crippen molar-refractivity contribution >= 4 is 10.0 Å². The molecule has 0 amide bonds. The molecule has 17 heavy (non-hydrogen) atoms. The second-order valence-electron chi connectivity index (χ2n) is 4.37. The van der Waals surface area contributed by atoms with Crippen molar-refractivity contribution in [2.75, 3.05) is 20.1 Å². The van der Waals surface area contributed by atoms with E-state index in [0.29, 0.717) is 19.5 Å². The second kappa shape index (κ2) is 4.75. The molecule has 2 heterocycles. The normalized spacial score (nSPS) is 21.2. The number of nitrogens with zero attached hydrogens (tertiary/aromatic N) is 3. The van der Waals surface area contributed by atoms with Crippen LogP contribution in [0.2, 0.25) is 0 Å². The Morgan fingerprint density at radius 2 is 2.41 bits per heavy atom. The minimum atomic E-state index is -3.21. The molecule has 0 bridgehead atoms. The molecule has 0 aromatic carbocycles. The summed E-state index contributed by atoms with van der Waals surface area (Å²) in [5, 5.41) is 2.78. The molecule has 1 atom stereocenters. The molecular formula is C10H18N4O2S. The summed E-state index contributed by atoms with van der Waals surface area (Å²) in [6.07, 6.45) is 4.17. The van der Waals surface area contributed by atoms with Crippen molar-refractivity contribution in [2.45, 2.75) is 18.2 Å². The number of hydrogen-bond acceptors (Lipinski definition) is 4. The van der Waals surface area contributed by atoms with E-state index >= 15 is 0 Å². The smallest absolute Gasteiger partial charge is 0.218 e. The van der Waals surface area contributed by atoms with Gasteiger partial charge in [0.25, 0.3) is 0 Å². The number of imidazole rings is 1. The van der Waals surface area contributed by atoms with Gasteiger partial charge in [0.2, 0.25) is 10.0 Å². The van der Waals surface area contributed by atoms with Crippen LogP contribution in [-0.2, 0) is 23.6 Å². The summed E-state index contributed by atoms with van der Waals surface area (Å²) >= 11 is 0. The van der Waals surface area contributed by atoms with Crippen LogP contribution >= 0.6 is 0 Å². The first-order chi connectivity index (χ1) is 8.01. The SMILES string of the molecule is CN(Cc1nccn1C)S(=O)(=O)C1CCNC1. The summed E-state index contributed by atoms with van der Waals surface area (Å²) in [5.41, 5.74) is 0. The Morgan fingerprint density at radius 3 is 2.94 bits per heavy atom. The summed E-state index contributed by atoms with van der Waals surface area (Å²) in [4.78, 5) is 4.14. The Labute approximate surface area is 102 Å². The molecule has 1 aromatic heterocycles. The van der Waals surface area contributed by atoms with Gasteiger partial charge in [0.15, 0.2) is 0 Å². The van der Waals surface area contributed by atoms with Crippen LogP contribution in [0.4, 0.5) is 0 Å². The van der Waals surface area contributed by atoms with Gasteiger partial charge in [-0.3, -0.25) is 0 Å². The molecule has 0 aliphatic carbocycles. The Morgan fingerprint density at radius 1 is 1.65 bits per heavy atom. The average Bonchev–Trinajstić information content (AvgIpc) is 2.90. The van der Waals surface area contributed by atoms with Crippen molar-refractivity contribution < 1.29 is 8.42 Å². The van der Waals surface area contributed by atoms with Crippen molar-refractivity contribution in [3.8, 4) is 0 Å². The fourth-order valence-corrected chi connectivity index (χ4v) is 3.52. The molecule has 1 aliphatic rings. The van der Waals surface area contributed by atoms with Crippen LogP contribution in [0.5, 0.6) is 0 Å². The van der Waals surface area contributed by atoms with Gasteiger partial charge in [0, 0.05) is 33.0 Å². The van der Waals surface area contributed by atoms with Crippen molar-refractivity contribution in [1.29, 1.82) is 0 Å². The lowest BCUT2D eigenvalue weighted by Gasteiger charge is -2.20. The molecule has 1 saturated heterocycles. The van der Waals surface area contributed by atoms with E-state index in [9.17, 15) is 8.42 Å². The Kier molecular flexibility index (Phi) is 3.50. The van der Waals surface area contributed by atoms with Gasteiger partial charge in [0.1, 0.15) is 5.82 Å². The van der Waals surface area contributed by atoms with Crippen molar-refractivity contribution in [3.05, 3.63) is 18.2 Å². The molecule has 1 N–H and O–H groups in total. The number of nitrogens with one attached hydrogen (secondary N) is 1. The zero-order valence-corrected chi connectivity index (χ0v) is 10.9. The van der Waals surface area contributed by atoms with Gasteiger partial charge in [-0.1, -0.05) is 0 Å². The first-order valence-corrected chi connectivity index (χ1v) is 7.14. The van der Waals surface area contributed by atoms with E-state index in [1.807, 2.05) is 17.8 Å². The van der Waals surface area contributed by atoms with Crippen LogP contribution < -0.4 is 5.32 Å². The number of aromatic nitrogens is 2. The zero-order valence-electron chi connectivity index (χ0n) is 10.1. The highest BCUT2D eigenvalue weighted by molar-refractivity contribution is 7.89. The number of aryl methyl sites for hydroxylation is 1. The lowest BCUT2D eigenvalue weighted by Crippen LogP contribution is -2.37. The minimum absolute atomic E-state index is 0.298. The fraction of sp³-hybridized carbons (Fsp3) is 0.700. The monoisotopic (exact) mass is 258 g/mol. The maximum Gasteiger partial charge on any atom is 0.218 e. The van der Waals surface area contributed by atoms with E-state index in [1.54, 1.807) is 13.2 Å². The molecule has 1 aromatic rings. The molecule has 1 unspecified atom stereocenters. The van der Waals surface area contributed by atoms with Crippen LogP contribution in [0.25, 0.3) is 0 Å². The van der Waals surface area contributed by atoms with E-state index in [0.717, 1.165) is 12.4 Å². The molecule has 0 spiro atoms. The highest BCUT2D eigenvalue weighted by Crippen LogP contribution is 2.15. The predicted octanol–water partition coefficient (Wildman–Crippen LogP) is -0.456. The average molecular weight is 258 g/mol. The highest BCUT2D eigenvalue weighted by atomic mass is 32.2. The summed E-state index contributed by atoms with van der Waals surface area (Å²) in [6.45, 7) is 1.65. The van der Waals surface area contributed by atoms with Gasteiger partial charge in [-0.15, -0.1) is 0 Å². The molecule has 96 valence electrons. The van der Waals surface area contributed by atoms with Crippen LogP contribution in [0.1, 0.15) is 12.2 Å². The van der Waals surface area contributed by atoms with Gasteiger partial charge in [-0.25, -0.2) is 13.4 Å². The van der Waals surface area contributed by atoms with E-state index in [-0.39, 0.29) is 5.25 Å². The van der Waals surface area contributed by atoms with E-state index in [2.05, 4.69) is 10.3 Å². The van der Waals surface area contributed by atoms with E-state index in [4.69, 9.17) is 0 Å². The highest BCUT2D eigenvalue weighted by Gasteiger charge is 2.32. The Balaban J connectivity index is 2.09. The van der Waals surface area contributed by atoms with Gasteiger partial charge >= 0.3 is 0 Å². The van der Waals surface area contributed by atoms with Crippen LogP contribution in [0.15, 0.2) is 12.4 Å². The third-order valence-corrected chi connectivity index (χ3v) is 5.40. The van der Waals surface area contributed by atoms with E-state index in [1.165, 1.54) is 4.31 Å². The fourth-order valence-electron chi connectivity index (χ4n) is 1.97. The third-order valence-electron chi connectivity index (χ3n) is 3.16. The summed E-state index contributed by atoms with van der Waals surface area (Å²) < 4.78 is 27.7. The first-order valence-electron chi connectivity index (χ1n) is 5.64. The molecule has 0 radical (unpaired) electrons. The zero-order chi connectivity index (χ0) is 12.5. The predicted molar refractivity (Wildman–Crippen MR) is 64.9 cm³/mol. The first kappa shape index (κ1) is 12.5. The Hall–Kier alpha value is -0.920. The molecule has 7 heteroatoms. The molecular weight excluding hydrogens is 240 g/mol. The lowest BCUT2D eigenvalue weighted by atomic mass is 10.4. The topological polar surface area (TPSA) is 67.2 Å². The van der Waals surface area contributed by atoms with Crippen molar-refractivity contribution in [3.63, 3.8) is 0 Å². The minimum Gasteiger partial charge on any atom is -0.337 e. The van der Waals surface area contributed by atoms with Crippen molar-refractivity contribution in [2.24, 2.45) is 7.05 Å². The lowest BCUT2D eigenvalue weighted by molar-refractivity contribution is 0.442. The van der Waals surface area contributed by atoms with Crippen LogP contribution in [-0.4, -0.2) is 47.7 Å². The third kappa shape index (κ3) is 2.51.